The highest BCUT2D eigenvalue weighted by molar-refractivity contribution is 5.94. The highest BCUT2D eigenvalue weighted by Crippen LogP contribution is 2.05. The van der Waals surface area contributed by atoms with Crippen LogP contribution in [-0.4, -0.2) is 20.8 Å². The van der Waals surface area contributed by atoms with Gasteiger partial charge in [0.1, 0.15) is 5.69 Å². The van der Waals surface area contributed by atoms with E-state index in [0.717, 1.165) is 19.3 Å². The van der Waals surface area contributed by atoms with E-state index in [9.17, 15) is 4.79 Å². The molecule has 0 unspecified atom stereocenters. The van der Waals surface area contributed by atoms with Crippen LogP contribution in [0.1, 0.15) is 43.1 Å². The number of Topliss-reactive ketones (excluding diaryl/α,β-unsaturated/α-hetero) is 1. The number of carbonyl (C=O) groups excluding carboxylic acids is 1. The topological polar surface area (TPSA) is 47.8 Å². The zero-order valence-electron chi connectivity index (χ0n) is 8.16. The molecule has 0 saturated heterocycles. The van der Waals surface area contributed by atoms with Crippen molar-refractivity contribution in [3.8, 4) is 0 Å². The zero-order valence-corrected chi connectivity index (χ0v) is 8.16. The molecule has 0 atom stereocenters. The first-order valence-corrected chi connectivity index (χ1v) is 4.63. The third-order valence-electron chi connectivity index (χ3n) is 2.01. The molecule has 0 spiro atoms. The van der Waals surface area contributed by atoms with E-state index in [2.05, 4.69) is 17.2 Å². The van der Waals surface area contributed by atoms with E-state index in [1.165, 1.54) is 10.9 Å². The van der Waals surface area contributed by atoms with Crippen molar-refractivity contribution >= 4 is 5.78 Å². The molecule has 1 aromatic rings. The number of carbonyl (C=O) groups is 1. The van der Waals surface area contributed by atoms with Crippen LogP contribution in [-0.2, 0) is 7.05 Å². The quantitative estimate of drug-likeness (QED) is 0.511. The second-order valence-corrected chi connectivity index (χ2v) is 3.12. The van der Waals surface area contributed by atoms with Gasteiger partial charge in [0.05, 0.1) is 6.20 Å². The Morgan fingerprint density at radius 1 is 1.54 bits per heavy atom. The highest BCUT2D eigenvalue weighted by atomic mass is 16.1. The Labute approximate surface area is 77.9 Å². The molecule has 4 nitrogen and oxygen atoms in total. The molecule has 13 heavy (non-hydrogen) atoms. The molecule has 0 bridgehead atoms. The van der Waals surface area contributed by atoms with Gasteiger partial charge in [0.25, 0.3) is 0 Å². The van der Waals surface area contributed by atoms with Gasteiger partial charge in [-0.3, -0.25) is 4.79 Å². The Hall–Kier alpha value is -1.19. The van der Waals surface area contributed by atoms with Crippen molar-refractivity contribution < 1.29 is 4.79 Å². The molecular formula is C9H15N3O. The van der Waals surface area contributed by atoms with Crippen LogP contribution in [0.2, 0.25) is 0 Å². The minimum Gasteiger partial charge on any atom is -0.292 e. The third-order valence-corrected chi connectivity index (χ3v) is 2.01. The number of rotatable bonds is 5. The molecule has 0 N–H and O–H groups in total. The maximum absolute atomic E-state index is 11.5. The molecule has 1 rings (SSSR count). The van der Waals surface area contributed by atoms with Crippen molar-refractivity contribution in [1.82, 2.24) is 15.0 Å². The Morgan fingerprint density at radius 2 is 2.31 bits per heavy atom. The van der Waals surface area contributed by atoms with Gasteiger partial charge in [-0.05, 0) is 6.42 Å². The first-order valence-electron chi connectivity index (χ1n) is 4.63. The molecule has 0 aliphatic heterocycles. The van der Waals surface area contributed by atoms with Crippen molar-refractivity contribution in [2.75, 3.05) is 0 Å². The van der Waals surface area contributed by atoms with Gasteiger partial charge < -0.3 is 0 Å². The fourth-order valence-corrected chi connectivity index (χ4v) is 1.21. The van der Waals surface area contributed by atoms with Crippen molar-refractivity contribution in [2.24, 2.45) is 7.05 Å². The van der Waals surface area contributed by atoms with Crippen molar-refractivity contribution in [3.63, 3.8) is 0 Å². The zero-order chi connectivity index (χ0) is 9.68. The van der Waals surface area contributed by atoms with E-state index in [-0.39, 0.29) is 5.78 Å². The Morgan fingerprint density at radius 3 is 2.85 bits per heavy atom. The molecule has 0 fully saturated rings. The lowest BCUT2D eigenvalue weighted by atomic mass is 10.1. The van der Waals surface area contributed by atoms with Crippen LogP contribution in [0.15, 0.2) is 6.20 Å². The Bertz CT molecular complexity index is 280. The first kappa shape index (κ1) is 9.89. The van der Waals surface area contributed by atoms with Crippen molar-refractivity contribution in [3.05, 3.63) is 11.9 Å². The normalized spacial score (nSPS) is 10.3. The summed E-state index contributed by atoms with van der Waals surface area (Å²) in [6.07, 6.45) is 5.33. The molecule has 0 aliphatic rings. The lowest BCUT2D eigenvalue weighted by Crippen LogP contribution is -2.06. The van der Waals surface area contributed by atoms with E-state index in [0.29, 0.717) is 12.1 Å². The highest BCUT2D eigenvalue weighted by Gasteiger charge is 2.09. The van der Waals surface area contributed by atoms with E-state index < -0.39 is 0 Å². The predicted molar refractivity (Wildman–Crippen MR) is 49.5 cm³/mol. The number of aryl methyl sites for hydroxylation is 1. The monoisotopic (exact) mass is 181 g/mol. The minimum atomic E-state index is 0.140. The van der Waals surface area contributed by atoms with Gasteiger partial charge in [-0.25, -0.2) is 4.68 Å². The second-order valence-electron chi connectivity index (χ2n) is 3.12. The van der Waals surface area contributed by atoms with Crippen molar-refractivity contribution in [2.45, 2.75) is 32.6 Å². The lowest BCUT2D eigenvalue weighted by molar-refractivity contribution is 0.0970. The number of ketones is 1. The molecule has 0 radical (unpaired) electrons. The summed E-state index contributed by atoms with van der Waals surface area (Å²) in [6, 6.07) is 0. The molecule has 4 heteroatoms. The fourth-order valence-electron chi connectivity index (χ4n) is 1.21. The molecule has 0 saturated carbocycles. The van der Waals surface area contributed by atoms with E-state index in [1.807, 2.05) is 0 Å². The third kappa shape index (κ3) is 2.65. The fraction of sp³-hybridized carbons (Fsp3) is 0.667. The number of unbranched alkanes of at least 4 members (excludes halogenated alkanes) is 2. The molecule has 0 amide bonds. The van der Waals surface area contributed by atoms with Gasteiger partial charge in [0.15, 0.2) is 5.78 Å². The van der Waals surface area contributed by atoms with Gasteiger partial charge in [-0.1, -0.05) is 25.0 Å². The van der Waals surface area contributed by atoms with Crippen LogP contribution in [0.4, 0.5) is 0 Å². The summed E-state index contributed by atoms with van der Waals surface area (Å²) in [5.74, 6) is 0.140. The van der Waals surface area contributed by atoms with E-state index >= 15 is 0 Å². The summed E-state index contributed by atoms with van der Waals surface area (Å²) in [6.45, 7) is 2.12. The van der Waals surface area contributed by atoms with Crippen molar-refractivity contribution in [1.29, 1.82) is 0 Å². The largest absolute Gasteiger partial charge is 0.292 e. The molecular weight excluding hydrogens is 166 g/mol. The summed E-state index contributed by atoms with van der Waals surface area (Å²) in [7, 11) is 1.74. The molecule has 0 aliphatic carbocycles. The first-order chi connectivity index (χ1) is 6.25. The summed E-state index contributed by atoms with van der Waals surface area (Å²) in [4.78, 5) is 11.5. The van der Waals surface area contributed by atoms with Crippen LogP contribution < -0.4 is 0 Å². The van der Waals surface area contributed by atoms with Gasteiger partial charge >= 0.3 is 0 Å². The van der Waals surface area contributed by atoms with Gasteiger partial charge in [-0.15, -0.1) is 5.10 Å². The van der Waals surface area contributed by atoms with E-state index in [4.69, 9.17) is 0 Å². The molecule has 1 aromatic heterocycles. The summed E-state index contributed by atoms with van der Waals surface area (Å²) < 4.78 is 1.52. The number of aromatic nitrogens is 3. The Kier molecular flexibility index (Phi) is 3.61. The second kappa shape index (κ2) is 4.74. The molecule has 1 heterocycles. The maximum atomic E-state index is 11.5. The standard InChI is InChI=1S/C9H15N3O/c1-3-4-5-6-9(13)8-7-10-11-12(8)2/h7H,3-6H2,1-2H3. The molecule has 0 aromatic carbocycles. The Balaban J connectivity index is 2.45. The van der Waals surface area contributed by atoms with Gasteiger partial charge in [0.2, 0.25) is 0 Å². The lowest BCUT2D eigenvalue weighted by Gasteiger charge is -1.98. The summed E-state index contributed by atoms with van der Waals surface area (Å²) in [5.41, 5.74) is 0.608. The van der Waals surface area contributed by atoms with Crippen LogP contribution in [0.3, 0.4) is 0 Å². The average molecular weight is 181 g/mol. The van der Waals surface area contributed by atoms with E-state index in [1.54, 1.807) is 7.05 Å². The summed E-state index contributed by atoms with van der Waals surface area (Å²) in [5, 5.41) is 7.37. The average Bonchev–Trinajstić information content (AvgIpc) is 2.52. The SMILES string of the molecule is CCCCCC(=O)c1cnnn1C. The number of hydrogen-bond acceptors (Lipinski definition) is 3. The maximum Gasteiger partial charge on any atom is 0.182 e. The number of hydrogen-bond donors (Lipinski definition) is 0. The van der Waals surface area contributed by atoms with Crippen LogP contribution >= 0.6 is 0 Å². The number of nitrogens with zero attached hydrogens (tertiary/aromatic N) is 3. The molecule has 72 valence electrons. The van der Waals surface area contributed by atoms with Gasteiger partial charge in [-0.2, -0.15) is 0 Å². The smallest absolute Gasteiger partial charge is 0.182 e. The van der Waals surface area contributed by atoms with Crippen LogP contribution in [0.25, 0.3) is 0 Å². The summed E-state index contributed by atoms with van der Waals surface area (Å²) >= 11 is 0. The minimum absolute atomic E-state index is 0.140. The van der Waals surface area contributed by atoms with Crippen LogP contribution in [0, 0.1) is 0 Å². The predicted octanol–water partition coefficient (Wildman–Crippen LogP) is 1.58. The van der Waals surface area contributed by atoms with Gasteiger partial charge in [0, 0.05) is 13.5 Å². The van der Waals surface area contributed by atoms with Crippen LogP contribution in [0.5, 0.6) is 0 Å².